The molecule has 0 saturated heterocycles. The van der Waals surface area contributed by atoms with Crippen LogP contribution in [0.4, 0.5) is 0 Å². The zero-order valence-corrected chi connectivity index (χ0v) is 10.8. The van der Waals surface area contributed by atoms with E-state index >= 15 is 0 Å². The second-order valence-electron chi connectivity index (χ2n) is 4.41. The third-order valence-corrected chi connectivity index (χ3v) is 2.97. The zero-order valence-electron chi connectivity index (χ0n) is 10.8. The van der Waals surface area contributed by atoms with Gasteiger partial charge in [0.05, 0.1) is 13.0 Å². The molecule has 0 aliphatic rings. The van der Waals surface area contributed by atoms with Gasteiger partial charge in [-0.3, -0.25) is 4.79 Å². The van der Waals surface area contributed by atoms with Crippen molar-refractivity contribution in [1.29, 1.82) is 0 Å². The summed E-state index contributed by atoms with van der Waals surface area (Å²) >= 11 is 0. The fourth-order valence-electron chi connectivity index (χ4n) is 2.00. The third kappa shape index (κ3) is 3.23. The molecule has 1 atom stereocenters. The van der Waals surface area contributed by atoms with E-state index in [0.29, 0.717) is 6.61 Å². The minimum Gasteiger partial charge on any atom is -0.508 e. The number of nitrogens with two attached hydrogens (primary N) is 1. The van der Waals surface area contributed by atoms with Crippen molar-refractivity contribution in [2.24, 2.45) is 5.73 Å². The quantitative estimate of drug-likeness (QED) is 0.827. The molecule has 19 heavy (non-hydrogen) atoms. The highest BCUT2D eigenvalue weighted by Gasteiger charge is 2.12. The summed E-state index contributed by atoms with van der Waals surface area (Å²) in [6.07, 6.45) is 0.164. The first-order valence-electron chi connectivity index (χ1n) is 6.24. The molecular formula is C15H17NO3. The highest BCUT2D eigenvalue weighted by atomic mass is 16.5. The van der Waals surface area contributed by atoms with Crippen molar-refractivity contribution in [2.75, 3.05) is 6.61 Å². The molecule has 2 aromatic carbocycles. The molecule has 0 unspecified atom stereocenters. The van der Waals surface area contributed by atoms with Gasteiger partial charge in [-0.1, -0.05) is 18.2 Å². The van der Waals surface area contributed by atoms with E-state index in [4.69, 9.17) is 10.5 Å². The normalized spacial score (nSPS) is 12.3. The largest absolute Gasteiger partial charge is 0.508 e. The third-order valence-electron chi connectivity index (χ3n) is 2.97. The summed E-state index contributed by atoms with van der Waals surface area (Å²) in [5.74, 6) is -0.0584. The second kappa shape index (κ2) is 5.71. The maximum absolute atomic E-state index is 11.4. The maximum atomic E-state index is 11.4. The predicted molar refractivity (Wildman–Crippen MR) is 73.8 cm³/mol. The van der Waals surface area contributed by atoms with Crippen molar-refractivity contribution in [3.05, 3.63) is 42.0 Å². The predicted octanol–water partition coefficient (Wildman–Crippen LogP) is 2.50. The van der Waals surface area contributed by atoms with E-state index in [2.05, 4.69) is 0 Å². The van der Waals surface area contributed by atoms with Crippen LogP contribution in [0.5, 0.6) is 5.75 Å². The summed E-state index contributed by atoms with van der Waals surface area (Å²) in [6.45, 7) is 2.13. The van der Waals surface area contributed by atoms with Gasteiger partial charge in [-0.25, -0.2) is 0 Å². The monoisotopic (exact) mass is 259 g/mol. The summed E-state index contributed by atoms with van der Waals surface area (Å²) in [4.78, 5) is 11.4. The van der Waals surface area contributed by atoms with E-state index in [9.17, 15) is 9.90 Å². The van der Waals surface area contributed by atoms with Crippen LogP contribution in [0.15, 0.2) is 36.4 Å². The summed E-state index contributed by atoms with van der Waals surface area (Å²) in [5, 5.41) is 11.3. The van der Waals surface area contributed by atoms with Gasteiger partial charge in [-0.05, 0) is 41.5 Å². The Morgan fingerprint density at radius 3 is 2.68 bits per heavy atom. The van der Waals surface area contributed by atoms with Crippen LogP contribution >= 0.6 is 0 Å². The van der Waals surface area contributed by atoms with Crippen molar-refractivity contribution in [3.63, 3.8) is 0 Å². The van der Waals surface area contributed by atoms with E-state index in [1.807, 2.05) is 24.3 Å². The van der Waals surface area contributed by atoms with Crippen LogP contribution in [0.2, 0.25) is 0 Å². The molecule has 0 aliphatic heterocycles. The van der Waals surface area contributed by atoms with Crippen LogP contribution in [-0.2, 0) is 9.53 Å². The number of rotatable bonds is 4. The number of fused-ring (bicyclic) bond motifs is 1. The molecule has 2 rings (SSSR count). The molecule has 4 nitrogen and oxygen atoms in total. The van der Waals surface area contributed by atoms with Gasteiger partial charge in [-0.2, -0.15) is 0 Å². The molecule has 100 valence electrons. The number of benzene rings is 2. The van der Waals surface area contributed by atoms with E-state index in [1.54, 1.807) is 19.1 Å². The molecule has 0 aromatic heterocycles. The van der Waals surface area contributed by atoms with Gasteiger partial charge < -0.3 is 15.6 Å². The molecule has 0 heterocycles. The summed E-state index contributed by atoms with van der Waals surface area (Å²) in [6, 6.07) is 10.4. The molecule has 0 aliphatic carbocycles. The Morgan fingerprint density at radius 1 is 1.26 bits per heavy atom. The standard InChI is InChI=1S/C15H17NO3/c1-2-19-15(18)9-14(16)12-4-3-11-8-13(17)6-5-10(11)7-12/h3-8,14,17H,2,9,16H2,1H3/t14-/m1/s1. The average molecular weight is 259 g/mol. The first-order chi connectivity index (χ1) is 9.10. The van der Waals surface area contributed by atoms with Gasteiger partial charge in [-0.15, -0.1) is 0 Å². The highest BCUT2D eigenvalue weighted by molar-refractivity contribution is 5.84. The van der Waals surface area contributed by atoms with Crippen LogP contribution in [-0.4, -0.2) is 17.7 Å². The average Bonchev–Trinajstić information content (AvgIpc) is 2.38. The number of carbonyl (C=O) groups excluding carboxylic acids is 1. The number of phenolic OH excluding ortho intramolecular Hbond substituents is 1. The van der Waals surface area contributed by atoms with Crippen LogP contribution < -0.4 is 5.73 Å². The Kier molecular flexibility index (Phi) is 4.02. The van der Waals surface area contributed by atoms with Crippen LogP contribution in [0.25, 0.3) is 10.8 Å². The molecule has 0 fully saturated rings. The lowest BCUT2D eigenvalue weighted by molar-refractivity contribution is -0.143. The Labute approximate surface area is 111 Å². The number of aromatic hydroxyl groups is 1. The van der Waals surface area contributed by atoms with Gasteiger partial charge in [0, 0.05) is 6.04 Å². The van der Waals surface area contributed by atoms with Crippen molar-refractivity contribution < 1.29 is 14.6 Å². The highest BCUT2D eigenvalue weighted by Crippen LogP contribution is 2.24. The smallest absolute Gasteiger partial charge is 0.307 e. The van der Waals surface area contributed by atoms with E-state index in [0.717, 1.165) is 16.3 Å². The minimum atomic E-state index is -0.378. The lowest BCUT2D eigenvalue weighted by Gasteiger charge is -2.12. The van der Waals surface area contributed by atoms with Gasteiger partial charge in [0.1, 0.15) is 5.75 Å². The molecule has 0 bridgehead atoms. The van der Waals surface area contributed by atoms with E-state index in [1.165, 1.54) is 0 Å². The number of carbonyl (C=O) groups is 1. The molecule has 2 aromatic rings. The number of hydrogen-bond acceptors (Lipinski definition) is 4. The molecule has 0 amide bonds. The van der Waals surface area contributed by atoms with Crippen LogP contribution in [0, 0.1) is 0 Å². The Morgan fingerprint density at radius 2 is 1.95 bits per heavy atom. The Balaban J connectivity index is 2.20. The van der Waals surface area contributed by atoms with Crippen molar-refractivity contribution in [1.82, 2.24) is 0 Å². The number of esters is 1. The Hall–Kier alpha value is -2.07. The van der Waals surface area contributed by atoms with Crippen LogP contribution in [0.3, 0.4) is 0 Å². The maximum Gasteiger partial charge on any atom is 0.307 e. The zero-order chi connectivity index (χ0) is 13.8. The molecule has 3 N–H and O–H groups in total. The first kappa shape index (κ1) is 13.4. The molecule has 4 heteroatoms. The molecular weight excluding hydrogens is 242 g/mol. The van der Waals surface area contributed by atoms with E-state index in [-0.39, 0.29) is 24.2 Å². The molecule has 0 spiro atoms. The fraction of sp³-hybridized carbons (Fsp3) is 0.267. The fourth-order valence-corrected chi connectivity index (χ4v) is 2.00. The minimum absolute atomic E-state index is 0.164. The van der Waals surface area contributed by atoms with E-state index < -0.39 is 0 Å². The van der Waals surface area contributed by atoms with Crippen molar-refractivity contribution in [2.45, 2.75) is 19.4 Å². The SMILES string of the molecule is CCOC(=O)C[C@@H](N)c1ccc2cc(O)ccc2c1. The molecule has 0 saturated carbocycles. The van der Waals surface area contributed by atoms with Gasteiger partial charge >= 0.3 is 5.97 Å². The van der Waals surface area contributed by atoms with Crippen molar-refractivity contribution >= 4 is 16.7 Å². The van der Waals surface area contributed by atoms with Crippen LogP contribution in [0.1, 0.15) is 24.9 Å². The van der Waals surface area contributed by atoms with Gasteiger partial charge in [0.2, 0.25) is 0 Å². The Bertz CT molecular complexity index is 595. The summed E-state index contributed by atoms with van der Waals surface area (Å²) < 4.78 is 4.89. The molecule has 0 radical (unpaired) electrons. The summed E-state index contributed by atoms with van der Waals surface area (Å²) in [5.41, 5.74) is 6.88. The van der Waals surface area contributed by atoms with Crippen molar-refractivity contribution in [3.8, 4) is 5.75 Å². The number of phenols is 1. The number of ether oxygens (including phenoxy) is 1. The van der Waals surface area contributed by atoms with Gasteiger partial charge in [0.15, 0.2) is 0 Å². The summed E-state index contributed by atoms with van der Waals surface area (Å²) in [7, 11) is 0. The first-order valence-corrected chi connectivity index (χ1v) is 6.24. The topological polar surface area (TPSA) is 72.5 Å². The lowest BCUT2D eigenvalue weighted by Crippen LogP contribution is -2.17. The second-order valence-corrected chi connectivity index (χ2v) is 4.41. The number of hydrogen-bond donors (Lipinski definition) is 2. The van der Waals surface area contributed by atoms with Gasteiger partial charge in [0.25, 0.3) is 0 Å². The lowest BCUT2D eigenvalue weighted by atomic mass is 10.0.